The Morgan fingerprint density at radius 1 is 1.48 bits per heavy atom. The zero-order valence-electron chi connectivity index (χ0n) is 13.1. The predicted octanol–water partition coefficient (Wildman–Crippen LogP) is 2.71. The van der Waals surface area contributed by atoms with Crippen molar-refractivity contribution in [2.75, 3.05) is 37.4 Å². The topological polar surface area (TPSA) is 67.6 Å². The molecule has 0 radical (unpaired) electrons. The highest BCUT2D eigenvalue weighted by molar-refractivity contribution is 7.19. The third-order valence-corrected chi connectivity index (χ3v) is 4.92. The van der Waals surface area contributed by atoms with E-state index in [1.54, 1.807) is 7.11 Å². The molecule has 6 heteroatoms. The van der Waals surface area contributed by atoms with Gasteiger partial charge in [-0.25, -0.2) is 0 Å². The molecule has 21 heavy (non-hydrogen) atoms. The molecular formula is C15H25N3O2S. The fraction of sp³-hybridized carbons (Fsp3) is 0.667. The largest absolute Gasteiger partial charge is 0.492 e. The first-order valence-corrected chi connectivity index (χ1v) is 8.43. The van der Waals surface area contributed by atoms with E-state index < -0.39 is 0 Å². The summed E-state index contributed by atoms with van der Waals surface area (Å²) in [5, 5.41) is 3.86. The first-order valence-electron chi connectivity index (χ1n) is 7.61. The SMILES string of the molecule is CCCNC(=O)c1sc(N(CC)CC2CC2)c(OC)c1N. The van der Waals surface area contributed by atoms with Gasteiger partial charge < -0.3 is 20.7 Å². The molecule has 0 aliphatic heterocycles. The lowest BCUT2D eigenvalue weighted by Gasteiger charge is -2.22. The molecule has 1 saturated carbocycles. The maximum Gasteiger partial charge on any atom is 0.263 e. The monoisotopic (exact) mass is 311 g/mol. The van der Waals surface area contributed by atoms with Crippen LogP contribution < -0.4 is 20.7 Å². The Morgan fingerprint density at radius 3 is 2.71 bits per heavy atom. The van der Waals surface area contributed by atoms with Gasteiger partial charge in [-0.2, -0.15) is 0 Å². The second-order valence-corrected chi connectivity index (χ2v) is 6.42. The lowest BCUT2D eigenvalue weighted by molar-refractivity contribution is 0.0958. The van der Waals surface area contributed by atoms with E-state index >= 15 is 0 Å². The van der Waals surface area contributed by atoms with Crippen molar-refractivity contribution in [3.8, 4) is 5.75 Å². The molecule has 118 valence electrons. The molecule has 0 saturated heterocycles. The van der Waals surface area contributed by atoms with Crippen LogP contribution in [-0.4, -0.2) is 32.7 Å². The molecular weight excluding hydrogens is 286 g/mol. The number of methoxy groups -OCH3 is 1. The number of rotatable bonds is 8. The van der Waals surface area contributed by atoms with Gasteiger partial charge in [0.2, 0.25) is 0 Å². The predicted molar refractivity (Wildman–Crippen MR) is 88.5 cm³/mol. The molecule has 1 aliphatic carbocycles. The maximum absolute atomic E-state index is 12.2. The van der Waals surface area contributed by atoms with Crippen LogP contribution in [0.15, 0.2) is 0 Å². The summed E-state index contributed by atoms with van der Waals surface area (Å²) in [5.74, 6) is 1.31. The zero-order chi connectivity index (χ0) is 15.4. The quantitative estimate of drug-likeness (QED) is 0.774. The average molecular weight is 311 g/mol. The number of nitrogens with zero attached hydrogens (tertiary/aromatic N) is 1. The number of carbonyl (C=O) groups is 1. The number of nitrogens with one attached hydrogen (secondary N) is 1. The smallest absolute Gasteiger partial charge is 0.263 e. The highest BCUT2D eigenvalue weighted by atomic mass is 32.1. The van der Waals surface area contributed by atoms with Crippen molar-refractivity contribution in [3.05, 3.63) is 4.88 Å². The number of nitrogens with two attached hydrogens (primary N) is 1. The van der Waals surface area contributed by atoms with E-state index in [0.717, 1.165) is 30.4 Å². The Bertz CT molecular complexity index is 497. The van der Waals surface area contributed by atoms with Crippen molar-refractivity contribution in [1.82, 2.24) is 5.32 Å². The summed E-state index contributed by atoms with van der Waals surface area (Å²) in [6, 6.07) is 0. The molecule has 1 aromatic rings. The number of amides is 1. The summed E-state index contributed by atoms with van der Waals surface area (Å²) < 4.78 is 5.46. The van der Waals surface area contributed by atoms with Gasteiger partial charge in [0.15, 0.2) is 5.75 Å². The number of hydrogen-bond donors (Lipinski definition) is 2. The van der Waals surface area contributed by atoms with Crippen LogP contribution in [0.5, 0.6) is 5.75 Å². The summed E-state index contributed by atoms with van der Waals surface area (Å²) in [7, 11) is 1.61. The molecule has 0 unspecified atom stereocenters. The van der Waals surface area contributed by atoms with Gasteiger partial charge >= 0.3 is 0 Å². The number of hydrogen-bond acceptors (Lipinski definition) is 5. The fourth-order valence-electron chi connectivity index (χ4n) is 2.28. The van der Waals surface area contributed by atoms with E-state index in [-0.39, 0.29) is 5.91 Å². The normalized spacial score (nSPS) is 14.0. The molecule has 2 rings (SSSR count). The van der Waals surface area contributed by atoms with Crippen LogP contribution in [0.4, 0.5) is 10.7 Å². The Balaban J connectivity index is 2.25. The molecule has 0 atom stereocenters. The lowest BCUT2D eigenvalue weighted by atomic mass is 10.3. The Morgan fingerprint density at radius 2 is 2.19 bits per heavy atom. The molecule has 1 aliphatic rings. The van der Waals surface area contributed by atoms with E-state index in [0.29, 0.717) is 22.9 Å². The molecule has 0 spiro atoms. The second kappa shape index (κ2) is 7.02. The van der Waals surface area contributed by atoms with E-state index in [9.17, 15) is 4.79 Å². The number of thiophene rings is 1. The van der Waals surface area contributed by atoms with Gasteiger partial charge in [-0.05, 0) is 32.1 Å². The second-order valence-electron chi connectivity index (χ2n) is 5.42. The molecule has 1 fully saturated rings. The van der Waals surface area contributed by atoms with Crippen LogP contribution in [0.2, 0.25) is 0 Å². The van der Waals surface area contributed by atoms with Crippen molar-refractivity contribution >= 4 is 27.9 Å². The van der Waals surface area contributed by atoms with E-state index in [4.69, 9.17) is 10.5 Å². The lowest BCUT2D eigenvalue weighted by Crippen LogP contribution is -2.24. The molecule has 0 aromatic carbocycles. The van der Waals surface area contributed by atoms with Crippen molar-refractivity contribution in [3.63, 3.8) is 0 Å². The van der Waals surface area contributed by atoms with Crippen LogP contribution in [0, 0.1) is 5.92 Å². The van der Waals surface area contributed by atoms with E-state index in [1.807, 2.05) is 6.92 Å². The molecule has 3 N–H and O–H groups in total. The van der Waals surface area contributed by atoms with Gasteiger partial charge in [-0.1, -0.05) is 6.92 Å². The summed E-state index contributed by atoms with van der Waals surface area (Å²) >= 11 is 1.44. The molecule has 1 heterocycles. The average Bonchev–Trinajstić information content (AvgIpc) is 3.24. The van der Waals surface area contributed by atoms with Crippen molar-refractivity contribution in [1.29, 1.82) is 0 Å². The number of carbonyl (C=O) groups excluding carboxylic acids is 1. The van der Waals surface area contributed by atoms with Crippen LogP contribution in [0.3, 0.4) is 0 Å². The first-order chi connectivity index (χ1) is 10.1. The van der Waals surface area contributed by atoms with Gasteiger partial charge in [-0.3, -0.25) is 4.79 Å². The minimum Gasteiger partial charge on any atom is -0.492 e. The van der Waals surface area contributed by atoms with Gasteiger partial charge in [0.05, 0.1) is 7.11 Å². The molecule has 0 bridgehead atoms. The molecule has 1 amide bonds. The highest BCUT2D eigenvalue weighted by Crippen LogP contribution is 2.45. The standard InChI is InChI=1S/C15H25N3O2S/c1-4-8-17-14(19)13-11(16)12(20-3)15(21-13)18(5-2)9-10-6-7-10/h10H,4-9,16H2,1-3H3,(H,17,19). The van der Waals surface area contributed by atoms with Crippen LogP contribution >= 0.6 is 11.3 Å². The third kappa shape index (κ3) is 3.61. The van der Waals surface area contributed by atoms with Crippen molar-refractivity contribution in [2.45, 2.75) is 33.1 Å². The highest BCUT2D eigenvalue weighted by Gasteiger charge is 2.29. The van der Waals surface area contributed by atoms with Crippen LogP contribution in [-0.2, 0) is 0 Å². The van der Waals surface area contributed by atoms with E-state index in [2.05, 4.69) is 17.1 Å². The summed E-state index contributed by atoms with van der Waals surface area (Å²) in [4.78, 5) is 15.0. The summed E-state index contributed by atoms with van der Waals surface area (Å²) in [6.07, 6.45) is 3.50. The summed E-state index contributed by atoms with van der Waals surface area (Å²) in [6.45, 7) is 6.71. The minimum atomic E-state index is -0.105. The minimum absolute atomic E-state index is 0.105. The van der Waals surface area contributed by atoms with E-state index in [1.165, 1.54) is 24.2 Å². The maximum atomic E-state index is 12.2. The Hall–Kier alpha value is -1.43. The van der Waals surface area contributed by atoms with Gasteiger partial charge in [0, 0.05) is 19.6 Å². The fourth-order valence-corrected chi connectivity index (χ4v) is 3.46. The van der Waals surface area contributed by atoms with Crippen molar-refractivity contribution < 1.29 is 9.53 Å². The number of ether oxygens (including phenoxy) is 1. The molecule has 1 aromatic heterocycles. The van der Waals surface area contributed by atoms with Gasteiger partial charge in [0.1, 0.15) is 15.6 Å². The van der Waals surface area contributed by atoms with Gasteiger partial charge in [0.25, 0.3) is 5.91 Å². The summed E-state index contributed by atoms with van der Waals surface area (Å²) in [5.41, 5.74) is 6.58. The van der Waals surface area contributed by atoms with Crippen LogP contribution in [0.1, 0.15) is 42.8 Å². The Labute approximate surface area is 130 Å². The first kappa shape index (κ1) is 15.9. The Kier molecular flexibility index (Phi) is 5.33. The number of anilines is 2. The van der Waals surface area contributed by atoms with Gasteiger partial charge in [-0.15, -0.1) is 11.3 Å². The zero-order valence-corrected chi connectivity index (χ0v) is 13.9. The number of nitrogen functional groups attached to an aromatic ring is 1. The third-order valence-electron chi connectivity index (χ3n) is 3.67. The molecule has 5 nitrogen and oxygen atoms in total. The van der Waals surface area contributed by atoms with Crippen LogP contribution in [0.25, 0.3) is 0 Å². The van der Waals surface area contributed by atoms with Crippen molar-refractivity contribution in [2.24, 2.45) is 5.92 Å².